The molecule has 0 saturated carbocycles. The molecule has 4 heteroatoms. The molecule has 0 spiro atoms. The van der Waals surface area contributed by atoms with Crippen molar-refractivity contribution in [1.82, 2.24) is 0 Å². The lowest BCUT2D eigenvalue weighted by atomic mass is 9.89. The van der Waals surface area contributed by atoms with Crippen LogP contribution in [-0.4, -0.2) is 4.92 Å². The van der Waals surface area contributed by atoms with Crippen LogP contribution in [0.1, 0.15) is 56.2 Å². The van der Waals surface area contributed by atoms with Crippen LogP contribution in [-0.2, 0) is 5.88 Å². The van der Waals surface area contributed by atoms with Crippen LogP contribution in [0.2, 0.25) is 0 Å². The molecule has 0 atom stereocenters. The molecule has 3 nitrogen and oxygen atoms in total. The summed E-state index contributed by atoms with van der Waals surface area (Å²) < 4.78 is 0. The predicted molar refractivity (Wildman–Crippen MR) is 70.8 cm³/mol. The number of hydrogen-bond donors (Lipinski definition) is 0. The van der Waals surface area contributed by atoms with Gasteiger partial charge in [-0.1, -0.05) is 27.7 Å². The van der Waals surface area contributed by atoms with Crippen LogP contribution in [0.3, 0.4) is 0 Å². The van der Waals surface area contributed by atoms with Gasteiger partial charge in [0, 0.05) is 18.0 Å². The van der Waals surface area contributed by atoms with Gasteiger partial charge in [0.15, 0.2) is 0 Å². The first-order chi connectivity index (χ1) is 7.88. The van der Waals surface area contributed by atoms with Crippen LogP contribution in [0.15, 0.2) is 12.1 Å². The molecule has 0 aliphatic rings. The van der Waals surface area contributed by atoms with E-state index >= 15 is 0 Å². The van der Waals surface area contributed by atoms with Crippen LogP contribution < -0.4 is 0 Å². The van der Waals surface area contributed by atoms with E-state index in [4.69, 9.17) is 11.6 Å². The molecule has 0 fully saturated rings. The molecular weight excluding hydrogens is 238 g/mol. The fourth-order valence-corrected chi connectivity index (χ4v) is 2.30. The Bertz CT molecular complexity index is 398. The van der Waals surface area contributed by atoms with Crippen molar-refractivity contribution in [2.75, 3.05) is 0 Å². The van der Waals surface area contributed by atoms with E-state index in [-0.39, 0.29) is 22.4 Å². The largest absolute Gasteiger partial charge is 0.270 e. The minimum absolute atomic E-state index is 0.159. The van der Waals surface area contributed by atoms with Crippen LogP contribution in [0.4, 0.5) is 5.69 Å². The summed E-state index contributed by atoms with van der Waals surface area (Å²) in [6.45, 7) is 8.11. The van der Waals surface area contributed by atoms with Crippen LogP contribution in [0.5, 0.6) is 0 Å². The molecule has 0 bridgehead atoms. The van der Waals surface area contributed by atoms with Gasteiger partial charge in [-0.25, -0.2) is 0 Å². The fraction of sp³-hybridized carbons (Fsp3) is 0.538. The predicted octanol–water partition coefficient (Wildman–Crippen LogP) is 4.58. The summed E-state index contributed by atoms with van der Waals surface area (Å²) in [5, 5.41) is 10.9. The molecule has 0 heterocycles. The van der Waals surface area contributed by atoms with E-state index in [1.165, 1.54) is 0 Å². The zero-order chi connectivity index (χ0) is 13.2. The Hall–Kier alpha value is -1.09. The summed E-state index contributed by atoms with van der Waals surface area (Å²) in [7, 11) is 0. The van der Waals surface area contributed by atoms with Crippen LogP contribution in [0.25, 0.3) is 0 Å². The van der Waals surface area contributed by atoms with Gasteiger partial charge >= 0.3 is 0 Å². The number of nitro benzene ring substituents is 1. The Morgan fingerprint density at radius 2 is 1.59 bits per heavy atom. The molecule has 1 aromatic carbocycles. The Labute approximate surface area is 107 Å². The monoisotopic (exact) mass is 255 g/mol. The van der Waals surface area contributed by atoms with Gasteiger partial charge in [0.1, 0.15) is 0 Å². The molecule has 0 aromatic heterocycles. The molecule has 94 valence electrons. The maximum Gasteiger partial charge on any atom is 0.270 e. The topological polar surface area (TPSA) is 43.1 Å². The lowest BCUT2D eigenvalue weighted by molar-refractivity contribution is -0.385. The number of alkyl halides is 1. The lowest BCUT2D eigenvalue weighted by Crippen LogP contribution is -2.04. The molecule has 0 radical (unpaired) electrons. The van der Waals surface area contributed by atoms with E-state index in [1.807, 2.05) is 27.7 Å². The molecule has 0 amide bonds. The van der Waals surface area contributed by atoms with Crippen molar-refractivity contribution in [3.05, 3.63) is 38.9 Å². The van der Waals surface area contributed by atoms with Gasteiger partial charge in [-0.15, -0.1) is 11.6 Å². The number of halogens is 1. The van der Waals surface area contributed by atoms with Gasteiger partial charge in [-0.05, 0) is 28.5 Å². The number of benzene rings is 1. The molecule has 0 aliphatic carbocycles. The van der Waals surface area contributed by atoms with Gasteiger partial charge < -0.3 is 0 Å². The van der Waals surface area contributed by atoms with E-state index in [0.29, 0.717) is 5.88 Å². The first kappa shape index (κ1) is 14.0. The molecule has 1 rings (SSSR count). The summed E-state index contributed by atoms with van der Waals surface area (Å²) in [5.41, 5.74) is 3.17. The normalized spacial score (nSPS) is 11.2. The van der Waals surface area contributed by atoms with Gasteiger partial charge in [0.25, 0.3) is 5.69 Å². The quantitative estimate of drug-likeness (QED) is 0.449. The lowest BCUT2D eigenvalue weighted by Gasteiger charge is -2.17. The number of nitrogens with zero attached hydrogens (tertiary/aromatic N) is 1. The smallest absolute Gasteiger partial charge is 0.258 e. The third kappa shape index (κ3) is 2.97. The number of non-ortho nitro benzene ring substituents is 1. The second-order valence-corrected chi connectivity index (χ2v) is 5.07. The van der Waals surface area contributed by atoms with Gasteiger partial charge in [-0.3, -0.25) is 10.1 Å². The fourth-order valence-electron chi connectivity index (χ4n) is 1.99. The average Bonchev–Trinajstić information content (AvgIpc) is 2.26. The second-order valence-electron chi connectivity index (χ2n) is 4.80. The van der Waals surface area contributed by atoms with Crippen LogP contribution in [0, 0.1) is 10.1 Å². The van der Waals surface area contributed by atoms with Gasteiger partial charge in [0.2, 0.25) is 0 Å². The van der Waals surface area contributed by atoms with Crippen LogP contribution >= 0.6 is 11.6 Å². The molecule has 0 unspecified atom stereocenters. The van der Waals surface area contributed by atoms with Crippen molar-refractivity contribution in [3.8, 4) is 0 Å². The SMILES string of the molecule is CC(C)c1cc([N+](=O)[O-])cc(C(C)C)c1CCl. The Kier molecular flexibility index (Phi) is 4.52. The third-order valence-electron chi connectivity index (χ3n) is 2.89. The minimum Gasteiger partial charge on any atom is -0.258 e. The Morgan fingerprint density at radius 3 is 1.82 bits per heavy atom. The molecule has 0 N–H and O–H groups in total. The first-order valence-electron chi connectivity index (χ1n) is 5.75. The first-order valence-corrected chi connectivity index (χ1v) is 6.29. The van der Waals surface area contributed by atoms with E-state index in [1.54, 1.807) is 12.1 Å². The summed E-state index contributed by atoms with van der Waals surface area (Å²) in [6, 6.07) is 3.29. The maximum atomic E-state index is 10.9. The van der Waals surface area contributed by atoms with Gasteiger partial charge in [-0.2, -0.15) is 0 Å². The standard InChI is InChI=1S/C13H18ClNO2/c1-8(2)11-5-10(15(16)17)6-12(9(3)4)13(11)7-14/h5-6,8-9H,7H2,1-4H3. The molecular formula is C13H18ClNO2. The second kappa shape index (κ2) is 5.50. The average molecular weight is 256 g/mol. The maximum absolute atomic E-state index is 10.9. The van der Waals surface area contributed by atoms with Crippen molar-refractivity contribution in [3.63, 3.8) is 0 Å². The molecule has 1 aromatic rings. The number of nitro groups is 1. The summed E-state index contributed by atoms with van der Waals surface area (Å²) >= 11 is 5.99. The summed E-state index contributed by atoms with van der Waals surface area (Å²) in [4.78, 5) is 10.6. The van der Waals surface area contributed by atoms with E-state index < -0.39 is 0 Å². The van der Waals surface area contributed by atoms with Crippen molar-refractivity contribution in [2.45, 2.75) is 45.4 Å². The zero-order valence-electron chi connectivity index (χ0n) is 10.7. The summed E-state index contributed by atoms with van der Waals surface area (Å²) in [6.07, 6.45) is 0. The summed E-state index contributed by atoms with van der Waals surface area (Å²) in [5.74, 6) is 0.876. The highest BCUT2D eigenvalue weighted by molar-refractivity contribution is 6.17. The van der Waals surface area contributed by atoms with Crippen molar-refractivity contribution in [2.24, 2.45) is 0 Å². The van der Waals surface area contributed by atoms with E-state index in [0.717, 1.165) is 16.7 Å². The molecule has 0 aliphatic heterocycles. The minimum atomic E-state index is -0.338. The van der Waals surface area contributed by atoms with Gasteiger partial charge in [0.05, 0.1) is 4.92 Å². The van der Waals surface area contributed by atoms with Crippen molar-refractivity contribution >= 4 is 17.3 Å². The number of hydrogen-bond acceptors (Lipinski definition) is 2. The van der Waals surface area contributed by atoms with Crippen molar-refractivity contribution in [1.29, 1.82) is 0 Å². The highest BCUT2D eigenvalue weighted by Crippen LogP contribution is 2.33. The Morgan fingerprint density at radius 1 is 1.18 bits per heavy atom. The molecule has 0 saturated heterocycles. The Balaban J connectivity index is 3.51. The van der Waals surface area contributed by atoms with E-state index in [2.05, 4.69) is 0 Å². The highest BCUT2D eigenvalue weighted by atomic mass is 35.5. The van der Waals surface area contributed by atoms with Crippen molar-refractivity contribution < 1.29 is 4.92 Å². The number of rotatable bonds is 4. The zero-order valence-corrected chi connectivity index (χ0v) is 11.4. The molecule has 17 heavy (non-hydrogen) atoms. The highest BCUT2D eigenvalue weighted by Gasteiger charge is 2.19. The van der Waals surface area contributed by atoms with E-state index in [9.17, 15) is 10.1 Å². The third-order valence-corrected chi connectivity index (χ3v) is 3.16.